The largest absolute Gasteiger partial charge is 0.480 e. The number of carboxylic acids is 2. The van der Waals surface area contributed by atoms with Gasteiger partial charge in [-0.3, -0.25) is 9.59 Å². The van der Waals surface area contributed by atoms with Crippen molar-refractivity contribution in [2.45, 2.75) is 11.8 Å². The maximum atomic E-state index is 13.6. The van der Waals surface area contributed by atoms with Gasteiger partial charge in [0.2, 0.25) is 0 Å². The second-order valence-electron chi connectivity index (χ2n) is 3.73. The molecule has 1 rings (SSSR count). The molecule has 0 aromatic heterocycles. The lowest BCUT2D eigenvalue weighted by atomic mass is 9.77. The molecule has 1 aromatic rings. The molecule has 0 spiro atoms. The van der Waals surface area contributed by atoms with Crippen molar-refractivity contribution in [2.24, 2.45) is 0 Å². The van der Waals surface area contributed by atoms with Crippen LogP contribution in [0.5, 0.6) is 0 Å². The molecule has 0 bridgehead atoms. The summed E-state index contributed by atoms with van der Waals surface area (Å²) in [4.78, 5) is 22.4. The van der Waals surface area contributed by atoms with Crippen molar-refractivity contribution in [3.63, 3.8) is 0 Å². The number of benzene rings is 1. The van der Waals surface area contributed by atoms with E-state index in [-0.39, 0.29) is 0 Å². The lowest BCUT2D eigenvalue weighted by molar-refractivity contribution is -0.157. The normalized spacial score (nSPS) is 11.1. The summed E-state index contributed by atoms with van der Waals surface area (Å²) in [6.07, 6.45) is 0.0843. The van der Waals surface area contributed by atoms with Gasteiger partial charge in [-0.2, -0.15) is 0 Å². The molecule has 0 saturated carbocycles. The first kappa shape index (κ1) is 14.7. The van der Waals surface area contributed by atoms with Gasteiger partial charge in [-0.05, 0) is 18.6 Å². The molecule has 0 aliphatic heterocycles. The Balaban J connectivity index is 3.76. The highest BCUT2D eigenvalue weighted by atomic mass is 19.2. The Morgan fingerprint density at radius 1 is 1.16 bits per heavy atom. The van der Waals surface area contributed by atoms with Crippen molar-refractivity contribution in [3.05, 3.63) is 47.8 Å². The number of aliphatic carboxylic acids is 2. The molecule has 0 heterocycles. The van der Waals surface area contributed by atoms with Crippen LogP contribution in [0.15, 0.2) is 24.8 Å². The number of hydrogen-bond acceptors (Lipinski definition) is 2. The Morgan fingerprint density at radius 2 is 1.63 bits per heavy atom. The van der Waals surface area contributed by atoms with Crippen LogP contribution in [0.25, 0.3) is 0 Å². The zero-order valence-electron chi connectivity index (χ0n) is 9.49. The maximum absolute atomic E-state index is 13.6. The molecule has 4 nitrogen and oxygen atoms in total. The number of hydrogen-bond donors (Lipinski definition) is 2. The van der Waals surface area contributed by atoms with E-state index in [0.717, 1.165) is 6.08 Å². The van der Waals surface area contributed by atoms with Crippen LogP contribution in [-0.4, -0.2) is 22.2 Å². The Morgan fingerprint density at radius 3 is 2.05 bits per heavy atom. The summed E-state index contributed by atoms with van der Waals surface area (Å²) in [5, 5.41) is 18.1. The Bertz CT molecular complexity index is 540. The van der Waals surface area contributed by atoms with Gasteiger partial charge in [0.1, 0.15) is 5.82 Å². The minimum atomic E-state index is -2.96. The molecular formula is C12H9F3O4. The van der Waals surface area contributed by atoms with Gasteiger partial charge in [0, 0.05) is 0 Å². The van der Waals surface area contributed by atoms with E-state index in [0.29, 0.717) is 12.1 Å². The Labute approximate surface area is 105 Å². The molecule has 1 aromatic carbocycles. The van der Waals surface area contributed by atoms with Gasteiger partial charge in [0.25, 0.3) is 0 Å². The van der Waals surface area contributed by atoms with Gasteiger partial charge in [0.05, 0.1) is 5.56 Å². The summed E-state index contributed by atoms with van der Waals surface area (Å²) in [6, 6.07) is 0.911. The highest BCUT2D eigenvalue weighted by Crippen LogP contribution is 2.34. The van der Waals surface area contributed by atoms with Crippen LogP contribution in [0.3, 0.4) is 0 Å². The van der Waals surface area contributed by atoms with Gasteiger partial charge in [-0.15, -0.1) is 6.58 Å². The van der Waals surface area contributed by atoms with Gasteiger partial charge in [0.15, 0.2) is 17.0 Å². The standard InChI is InChI=1S/C12H9F3O4/c1-2-5-12(10(16)17,11(18)19)8-6(13)3-4-7(14)9(8)15/h2-4H,1,5H2,(H,16,17)(H,18,19). The zero-order chi connectivity index (χ0) is 14.8. The first-order chi connectivity index (χ1) is 8.78. The number of rotatable bonds is 5. The fourth-order valence-corrected chi connectivity index (χ4v) is 1.72. The van der Waals surface area contributed by atoms with Crippen LogP contribution in [0.2, 0.25) is 0 Å². The van der Waals surface area contributed by atoms with Crippen LogP contribution < -0.4 is 0 Å². The summed E-state index contributed by atoms with van der Waals surface area (Å²) in [6.45, 7) is 3.15. The minimum absolute atomic E-state index is 0.441. The molecule has 0 aliphatic carbocycles. The number of carbonyl (C=O) groups is 2. The predicted octanol–water partition coefficient (Wildman–Crippen LogP) is 2.09. The molecule has 19 heavy (non-hydrogen) atoms. The third-order valence-corrected chi connectivity index (χ3v) is 2.65. The highest BCUT2D eigenvalue weighted by Gasteiger charge is 2.51. The third-order valence-electron chi connectivity index (χ3n) is 2.65. The zero-order valence-corrected chi connectivity index (χ0v) is 9.49. The van der Waals surface area contributed by atoms with Crippen LogP contribution in [0.1, 0.15) is 12.0 Å². The van der Waals surface area contributed by atoms with Gasteiger partial charge in [-0.25, -0.2) is 13.2 Å². The van der Waals surface area contributed by atoms with E-state index in [9.17, 15) is 22.8 Å². The molecule has 0 saturated heterocycles. The molecule has 0 fully saturated rings. The summed E-state index contributed by atoms with van der Waals surface area (Å²) in [7, 11) is 0. The summed E-state index contributed by atoms with van der Waals surface area (Å²) in [5.74, 6) is -8.85. The SMILES string of the molecule is C=CCC(C(=O)O)(C(=O)O)c1c(F)ccc(F)c1F. The molecule has 102 valence electrons. The van der Waals surface area contributed by atoms with Crippen molar-refractivity contribution in [1.82, 2.24) is 0 Å². The van der Waals surface area contributed by atoms with E-state index in [1.54, 1.807) is 0 Å². The fraction of sp³-hybridized carbons (Fsp3) is 0.167. The molecule has 0 unspecified atom stereocenters. The van der Waals surface area contributed by atoms with E-state index >= 15 is 0 Å². The fourth-order valence-electron chi connectivity index (χ4n) is 1.72. The second-order valence-corrected chi connectivity index (χ2v) is 3.73. The summed E-state index contributed by atoms with van der Waals surface area (Å²) < 4.78 is 40.3. The van der Waals surface area contributed by atoms with Crippen molar-refractivity contribution in [3.8, 4) is 0 Å². The molecule has 0 atom stereocenters. The van der Waals surface area contributed by atoms with Crippen molar-refractivity contribution in [1.29, 1.82) is 0 Å². The average Bonchev–Trinajstić information content (AvgIpc) is 2.32. The van der Waals surface area contributed by atoms with Crippen molar-refractivity contribution in [2.75, 3.05) is 0 Å². The van der Waals surface area contributed by atoms with Crippen LogP contribution in [0, 0.1) is 17.5 Å². The predicted molar refractivity (Wildman–Crippen MR) is 58.1 cm³/mol. The number of halogens is 3. The highest BCUT2D eigenvalue weighted by molar-refractivity contribution is 6.05. The molecule has 7 heteroatoms. The Hall–Kier alpha value is -2.31. The van der Waals surface area contributed by atoms with Crippen molar-refractivity contribution >= 4 is 11.9 Å². The maximum Gasteiger partial charge on any atom is 0.326 e. The first-order valence-corrected chi connectivity index (χ1v) is 5.00. The van der Waals surface area contributed by atoms with E-state index < -0.39 is 46.8 Å². The lowest BCUT2D eigenvalue weighted by Crippen LogP contribution is -2.45. The van der Waals surface area contributed by atoms with Gasteiger partial charge < -0.3 is 10.2 Å². The summed E-state index contributed by atoms with van der Waals surface area (Å²) in [5.41, 5.74) is -4.31. The monoisotopic (exact) mass is 274 g/mol. The minimum Gasteiger partial charge on any atom is -0.480 e. The smallest absolute Gasteiger partial charge is 0.326 e. The van der Waals surface area contributed by atoms with Gasteiger partial charge >= 0.3 is 11.9 Å². The lowest BCUT2D eigenvalue weighted by Gasteiger charge is -2.24. The average molecular weight is 274 g/mol. The molecular weight excluding hydrogens is 265 g/mol. The third kappa shape index (κ3) is 2.18. The quantitative estimate of drug-likeness (QED) is 0.490. The molecule has 0 amide bonds. The van der Waals surface area contributed by atoms with E-state index in [1.165, 1.54) is 0 Å². The van der Waals surface area contributed by atoms with E-state index in [4.69, 9.17) is 10.2 Å². The topological polar surface area (TPSA) is 74.6 Å². The van der Waals surface area contributed by atoms with Crippen molar-refractivity contribution < 1.29 is 33.0 Å². The van der Waals surface area contributed by atoms with Crippen LogP contribution >= 0.6 is 0 Å². The summed E-state index contributed by atoms with van der Waals surface area (Å²) >= 11 is 0. The van der Waals surface area contributed by atoms with Crippen LogP contribution in [0.4, 0.5) is 13.2 Å². The molecule has 0 radical (unpaired) electrons. The van der Waals surface area contributed by atoms with Gasteiger partial charge in [-0.1, -0.05) is 6.08 Å². The Kier molecular flexibility index (Phi) is 3.98. The molecule has 2 N–H and O–H groups in total. The number of allylic oxidation sites excluding steroid dienone is 1. The number of carboxylic acid groups (broad SMARTS) is 2. The van der Waals surface area contributed by atoms with E-state index in [1.807, 2.05) is 0 Å². The molecule has 0 aliphatic rings. The van der Waals surface area contributed by atoms with E-state index in [2.05, 4.69) is 6.58 Å². The van der Waals surface area contributed by atoms with Crippen LogP contribution in [-0.2, 0) is 15.0 Å². The second kappa shape index (κ2) is 5.13. The first-order valence-electron chi connectivity index (χ1n) is 5.00.